The zero-order valence-electron chi connectivity index (χ0n) is 16.6. The van der Waals surface area contributed by atoms with Gasteiger partial charge in [-0.2, -0.15) is 10.4 Å². The van der Waals surface area contributed by atoms with Crippen LogP contribution in [0.2, 0.25) is 0 Å². The van der Waals surface area contributed by atoms with E-state index in [1.165, 1.54) is 0 Å². The van der Waals surface area contributed by atoms with Gasteiger partial charge >= 0.3 is 5.97 Å². The Bertz CT molecular complexity index is 1110. The minimum atomic E-state index is -0.995. The van der Waals surface area contributed by atoms with Gasteiger partial charge in [0.05, 0.1) is 35.3 Å². The van der Waals surface area contributed by atoms with Gasteiger partial charge in [-0.05, 0) is 44.2 Å². The lowest BCUT2D eigenvalue weighted by Gasteiger charge is -2.24. The summed E-state index contributed by atoms with van der Waals surface area (Å²) < 4.78 is 1.94. The fourth-order valence-electron chi connectivity index (χ4n) is 3.85. The van der Waals surface area contributed by atoms with Crippen LogP contribution in [0.25, 0.3) is 11.3 Å². The molecule has 2 aromatic heterocycles. The number of aryl methyl sites for hydroxylation is 1. The molecule has 1 aromatic carbocycles. The summed E-state index contributed by atoms with van der Waals surface area (Å²) in [6, 6.07) is 9.45. The average molecular weight is 402 g/mol. The first-order valence-electron chi connectivity index (χ1n) is 9.92. The molecule has 0 radical (unpaired) electrons. The minimum Gasteiger partial charge on any atom is -0.478 e. The molecule has 0 saturated heterocycles. The summed E-state index contributed by atoms with van der Waals surface area (Å²) in [6.07, 6.45) is 9.01. The Hall–Kier alpha value is -3.73. The van der Waals surface area contributed by atoms with Crippen molar-refractivity contribution >= 4 is 17.6 Å². The number of carbonyl (C=O) groups is 1. The zero-order chi connectivity index (χ0) is 21.1. The second-order valence-corrected chi connectivity index (χ2v) is 7.54. The first-order chi connectivity index (χ1) is 14.5. The summed E-state index contributed by atoms with van der Waals surface area (Å²) in [5.41, 5.74) is 2.88. The fourth-order valence-corrected chi connectivity index (χ4v) is 3.85. The summed E-state index contributed by atoms with van der Waals surface area (Å²) in [6.45, 7) is 1.85. The van der Waals surface area contributed by atoms with E-state index in [-0.39, 0.29) is 11.5 Å². The number of anilines is 2. The molecule has 0 bridgehead atoms. The summed E-state index contributed by atoms with van der Waals surface area (Å²) in [5.74, 6) is -0.462. The van der Waals surface area contributed by atoms with Gasteiger partial charge in [0.25, 0.3) is 0 Å². The van der Waals surface area contributed by atoms with E-state index in [0.717, 1.165) is 36.9 Å². The van der Waals surface area contributed by atoms with E-state index in [2.05, 4.69) is 26.5 Å². The number of nitriles is 1. The molecule has 3 aromatic rings. The lowest BCUT2D eigenvalue weighted by Crippen LogP contribution is -2.17. The molecule has 1 fully saturated rings. The molecular formula is C22H22N6O2. The van der Waals surface area contributed by atoms with E-state index in [1.807, 2.05) is 17.8 Å². The number of carboxylic acids is 1. The van der Waals surface area contributed by atoms with E-state index in [4.69, 9.17) is 5.26 Å². The topological polar surface area (TPSA) is 117 Å². The number of hydrogen-bond acceptors (Lipinski definition) is 6. The molecule has 30 heavy (non-hydrogen) atoms. The molecule has 1 aliphatic carbocycles. The fraction of sp³-hybridized carbons (Fsp3) is 0.318. The van der Waals surface area contributed by atoms with E-state index in [0.29, 0.717) is 23.2 Å². The number of rotatable bonds is 5. The maximum atomic E-state index is 11.6. The second kappa shape index (κ2) is 8.33. The van der Waals surface area contributed by atoms with Crippen LogP contribution in [0, 0.1) is 24.2 Å². The second-order valence-electron chi connectivity index (χ2n) is 7.54. The van der Waals surface area contributed by atoms with Crippen LogP contribution in [0.15, 0.2) is 42.9 Å². The molecule has 8 nitrogen and oxygen atoms in total. The van der Waals surface area contributed by atoms with Crippen molar-refractivity contribution in [2.24, 2.45) is 5.92 Å². The molecule has 8 heteroatoms. The number of benzene rings is 1. The van der Waals surface area contributed by atoms with Crippen molar-refractivity contribution < 1.29 is 9.90 Å². The van der Waals surface area contributed by atoms with E-state index >= 15 is 0 Å². The number of carboxylic acid groups (broad SMARTS) is 1. The van der Waals surface area contributed by atoms with Crippen LogP contribution in [-0.2, 0) is 0 Å². The Morgan fingerprint density at radius 2 is 2.00 bits per heavy atom. The highest BCUT2D eigenvalue weighted by atomic mass is 16.4. The molecule has 152 valence electrons. The van der Waals surface area contributed by atoms with E-state index in [9.17, 15) is 9.90 Å². The Morgan fingerprint density at radius 3 is 2.73 bits per heavy atom. The predicted octanol–water partition coefficient (Wildman–Crippen LogP) is 4.35. The van der Waals surface area contributed by atoms with Gasteiger partial charge in [0, 0.05) is 23.9 Å². The monoisotopic (exact) mass is 402 g/mol. The van der Waals surface area contributed by atoms with Crippen molar-refractivity contribution in [2.45, 2.75) is 38.6 Å². The molecular weight excluding hydrogens is 380 g/mol. The van der Waals surface area contributed by atoms with Crippen LogP contribution < -0.4 is 5.32 Å². The number of nitrogens with zero attached hydrogens (tertiary/aromatic N) is 5. The van der Waals surface area contributed by atoms with Gasteiger partial charge < -0.3 is 10.4 Å². The normalized spacial score (nSPS) is 18.5. The first kappa shape index (κ1) is 19.6. The molecule has 0 atom stereocenters. The quantitative estimate of drug-likeness (QED) is 0.652. The Balaban J connectivity index is 1.55. The number of hydrogen-bond donors (Lipinski definition) is 2. The molecule has 1 saturated carbocycles. The summed E-state index contributed by atoms with van der Waals surface area (Å²) in [5, 5.41) is 26.2. The SMILES string of the molecule is Cc1cnc(Nc2cnn(C3CCC(C#N)CC3)c2)nc1-c1ccccc1C(=O)O. The summed E-state index contributed by atoms with van der Waals surface area (Å²) in [7, 11) is 0. The molecule has 0 spiro atoms. The molecule has 2 heterocycles. The van der Waals surface area contributed by atoms with Gasteiger partial charge in [-0.3, -0.25) is 4.68 Å². The third-order valence-electron chi connectivity index (χ3n) is 5.50. The van der Waals surface area contributed by atoms with Crippen molar-refractivity contribution in [3.8, 4) is 17.3 Å². The van der Waals surface area contributed by atoms with Gasteiger partial charge in [0.15, 0.2) is 0 Å². The van der Waals surface area contributed by atoms with Crippen LogP contribution in [0.3, 0.4) is 0 Å². The van der Waals surface area contributed by atoms with Crippen LogP contribution in [0.4, 0.5) is 11.6 Å². The number of aromatic carboxylic acids is 1. The van der Waals surface area contributed by atoms with Crippen LogP contribution in [0.1, 0.15) is 47.6 Å². The van der Waals surface area contributed by atoms with Gasteiger partial charge in [0.2, 0.25) is 5.95 Å². The van der Waals surface area contributed by atoms with E-state index in [1.54, 1.807) is 36.7 Å². The highest BCUT2D eigenvalue weighted by Crippen LogP contribution is 2.32. The highest BCUT2D eigenvalue weighted by Gasteiger charge is 2.23. The third-order valence-corrected chi connectivity index (χ3v) is 5.50. The minimum absolute atomic E-state index is 0.155. The molecule has 1 aliphatic rings. The third kappa shape index (κ3) is 4.01. The summed E-state index contributed by atoms with van der Waals surface area (Å²) in [4.78, 5) is 20.5. The van der Waals surface area contributed by atoms with Crippen molar-refractivity contribution in [2.75, 3.05) is 5.32 Å². The van der Waals surface area contributed by atoms with Gasteiger partial charge in [-0.1, -0.05) is 18.2 Å². The standard InChI is InChI=1S/C22H22N6O2/c1-14-11-24-22(27-20(14)18-4-2-3-5-19(18)21(29)30)26-16-12-25-28(13-16)17-8-6-15(10-23)7-9-17/h2-5,11-13,15,17H,6-9H2,1H3,(H,29,30)(H,24,26,27). The van der Waals surface area contributed by atoms with Gasteiger partial charge in [-0.15, -0.1) is 0 Å². The Kier molecular flexibility index (Phi) is 5.44. The van der Waals surface area contributed by atoms with Crippen molar-refractivity contribution in [1.82, 2.24) is 19.7 Å². The molecule has 2 N–H and O–H groups in total. The van der Waals surface area contributed by atoms with Crippen molar-refractivity contribution in [3.05, 3.63) is 54.0 Å². The largest absolute Gasteiger partial charge is 0.478 e. The maximum Gasteiger partial charge on any atom is 0.336 e. The van der Waals surface area contributed by atoms with Crippen molar-refractivity contribution in [3.63, 3.8) is 0 Å². The Labute approximate surface area is 174 Å². The average Bonchev–Trinajstić information content (AvgIpc) is 3.23. The van der Waals surface area contributed by atoms with Gasteiger partial charge in [-0.25, -0.2) is 14.8 Å². The molecule has 0 amide bonds. The highest BCUT2D eigenvalue weighted by molar-refractivity contribution is 5.95. The van der Waals surface area contributed by atoms with Crippen LogP contribution in [0.5, 0.6) is 0 Å². The van der Waals surface area contributed by atoms with Crippen molar-refractivity contribution in [1.29, 1.82) is 5.26 Å². The maximum absolute atomic E-state index is 11.6. The first-order valence-corrected chi connectivity index (χ1v) is 9.92. The molecule has 0 unspecified atom stereocenters. The summed E-state index contributed by atoms with van der Waals surface area (Å²) >= 11 is 0. The number of nitrogens with one attached hydrogen (secondary N) is 1. The van der Waals surface area contributed by atoms with Crippen LogP contribution >= 0.6 is 0 Å². The number of aromatic nitrogens is 4. The predicted molar refractivity (Wildman–Crippen MR) is 111 cm³/mol. The van der Waals surface area contributed by atoms with Crippen LogP contribution in [-0.4, -0.2) is 30.8 Å². The Morgan fingerprint density at radius 1 is 1.23 bits per heavy atom. The molecule has 0 aliphatic heterocycles. The molecule has 4 rings (SSSR count). The zero-order valence-corrected chi connectivity index (χ0v) is 16.6. The smallest absolute Gasteiger partial charge is 0.336 e. The van der Waals surface area contributed by atoms with Gasteiger partial charge in [0.1, 0.15) is 0 Å². The van der Waals surface area contributed by atoms with E-state index < -0.39 is 5.97 Å². The lowest BCUT2D eigenvalue weighted by molar-refractivity contribution is 0.0697. The lowest BCUT2D eigenvalue weighted by atomic mass is 9.87.